The SMILES string of the molecule is C#Cc1c(F)ccc2cccc(-c3ncc4c(N5CC6CCC(C5)N6)nc(OC[C@@H]5C[C@@H](Nc6ccc(S(=O)(=O)n7cnc(C8CC8)n7)cc6)CN5C)nc4c3F)c12. The number of rotatable bonds is 10. The maximum absolute atomic E-state index is 16.9. The number of benzene rings is 3. The lowest BCUT2D eigenvalue weighted by Gasteiger charge is -2.34. The smallest absolute Gasteiger partial charge is 0.319 e. The van der Waals surface area contributed by atoms with Crippen molar-refractivity contribution >= 4 is 43.2 Å². The average molecular weight is 803 g/mol. The largest absolute Gasteiger partial charge is 0.462 e. The number of nitrogens with zero attached hydrogens (tertiary/aromatic N) is 8. The minimum atomic E-state index is -3.85. The van der Waals surface area contributed by atoms with Crippen LogP contribution in [0.5, 0.6) is 6.01 Å². The van der Waals surface area contributed by atoms with Crippen molar-refractivity contribution in [2.45, 2.75) is 67.1 Å². The van der Waals surface area contributed by atoms with E-state index in [-0.39, 0.29) is 52.3 Å². The molecule has 58 heavy (non-hydrogen) atoms. The van der Waals surface area contributed by atoms with Crippen molar-refractivity contribution in [3.63, 3.8) is 0 Å². The first-order chi connectivity index (χ1) is 28.1. The first-order valence-electron chi connectivity index (χ1n) is 19.5. The highest BCUT2D eigenvalue weighted by atomic mass is 32.2. The Morgan fingerprint density at radius 2 is 1.78 bits per heavy atom. The van der Waals surface area contributed by atoms with Crippen LogP contribution < -0.4 is 20.3 Å². The van der Waals surface area contributed by atoms with Gasteiger partial charge in [0.2, 0.25) is 0 Å². The van der Waals surface area contributed by atoms with Crippen molar-refractivity contribution < 1.29 is 21.9 Å². The van der Waals surface area contributed by atoms with Gasteiger partial charge in [0.15, 0.2) is 11.6 Å². The predicted octanol–water partition coefficient (Wildman–Crippen LogP) is 5.31. The third kappa shape index (κ3) is 6.56. The van der Waals surface area contributed by atoms with Gasteiger partial charge < -0.3 is 20.3 Å². The van der Waals surface area contributed by atoms with Crippen LogP contribution in [0.25, 0.3) is 32.9 Å². The molecule has 6 aromatic rings. The Morgan fingerprint density at radius 3 is 2.53 bits per heavy atom. The van der Waals surface area contributed by atoms with E-state index in [0.717, 1.165) is 41.9 Å². The molecule has 0 amide bonds. The second kappa shape index (κ2) is 14.3. The normalized spacial score (nSPS) is 22.1. The Bertz CT molecular complexity index is 2720. The standard InChI is InChI=1S/C42H40F2N10O3S/c1-3-32-35(43)16-9-24-5-4-6-33(36(24)32)38-37(44)39-34(18-45-38)41(53-20-27-10-11-28(21-53)48-27)50-42(49-39)57-22-30-17-29(19-52(30)2)47-26-12-14-31(15-13-26)58(55,56)54-23-46-40(51-54)25-7-8-25/h1,4-6,9,12-16,18,23,25,27-30,47-48H,7-8,10-11,17,19-22H2,2H3/t27?,28?,29-,30+/m1/s1. The van der Waals surface area contributed by atoms with Gasteiger partial charge in [-0.1, -0.05) is 30.2 Å². The number of pyridine rings is 1. The summed E-state index contributed by atoms with van der Waals surface area (Å²) in [6.45, 7) is 2.36. The molecular formula is C42H40F2N10O3S. The molecule has 1 saturated carbocycles. The number of ether oxygens (including phenoxy) is 1. The number of likely N-dealkylation sites (N-methyl/N-ethyl adjacent to an activating group) is 1. The van der Waals surface area contributed by atoms with Crippen LogP contribution in [0.3, 0.4) is 0 Å². The number of halogens is 2. The van der Waals surface area contributed by atoms with Gasteiger partial charge in [0.25, 0.3) is 10.0 Å². The van der Waals surface area contributed by atoms with Gasteiger partial charge in [0.05, 0.1) is 15.8 Å². The summed E-state index contributed by atoms with van der Waals surface area (Å²) in [4.78, 5) is 22.8. The summed E-state index contributed by atoms with van der Waals surface area (Å²) in [6, 6.07) is 15.5. The van der Waals surface area contributed by atoms with Crippen LogP contribution in [0.2, 0.25) is 0 Å². The van der Waals surface area contributed by atoms with Gasteiger partial charge in [0, 0.05) is 72.6 Å². The predicted molar refractivity (Wildman–Crippen MR) is 215 cm³/mol. The minimum Gasteiger partial charge on any atom is -0.462 e. The molecule has 1 aliphatic carbocycles. The molecule has 4 aliphatic rings. The van der Waals surface area contributed by atoms with Gasteiger partial charge >= 0.3 is 6.01 Å². The Balaban J connectivity index is 0.900. The second-order valence-electron chi connectivity index (χ2n) is 15.8. The first-order valence-corrected chi connectivity index (χ1v) is 21.0. The summed E-state index contributed by atoms with van der Waals surface area (Å²) >= 11 is 0. The van der Waals surface area contributed by atoms with Crippen molar-refractivity contribution in [2.24, 2.45) is 0 Å². The Morgan fingerprint density at radius 1 is 0.983 bits per heavy atom. The summed E-state index contributed by atoms with van der Waals surface area (Å²) < 4.78 is 65.5. The Kier molecular flexibility index (Phi) is 8.99. The van der Waals surface area contributed by atoms with Crippen molar-refractivity contribution in [1.82, 2.24) is 39.3 Å². The fraction of sp³-hybridized carbons (Fsp3) is 0.357. The lowest BCUT2D eigenvalue weighted by Crippen LogP contribution is -2.51. The van der Waals surface area contributed by atoms with Crippen LogP contribution in [0.1, 0.15) is 49.4 Å². The van der Waals surface area contributed by atoms with Crippen LogP contribution >= 0.6 is 0 Å². The van der Waals surface area contributed by atoms with Crippen molar-refractivity contribution in [2.75, 3.05) is 43.5 Å². The first kappa shape index (κ1) is 36.6. The zero-order chi connectivity index (χ0) is 39.7. The van der Waals surface area contributed by atoms with Gasteiger partial charge in [-0.3, -0.25) is 9.88 Å². The molecule has 16 heteroatoms. The van der Waals surface area contributed by atoms with Crippen LogP contribution in [-0.2, 0) is 10.0 Å². The van der Waals surface area contributed by atoms with Crippen LogP contribution in [0, 0.1) is 24.0 Å². The fourth-order valence-corrected chi connectivity index (χ4v) is 9.76. The van der Waals surface area contributed by atoms with Crippen LogP contribution in [-0.4, -0.2) is 99.9 Å². The molecule has 2 N–H and O–H groups in total. The van der Waals surface area contributed by atoms with E-state index < -0.39 is 21.7 Å². The van der Waals surface area contributed by atoms with E-state index in [1.165, 1.54) is 12.4 Å². The maximum atomic E-state index is 16.9. The number of fused-ring (bicyclic) bond motifs is 4. The summed E-state index contributed by atoms with van der Waals surface area (Å²) in [7, 11) is -1.84. The molecule has 3 aliphatic heterocycles. The lowest BCUT2D eigenvalue weighted by atomic mass is 9.96. The quantitative estimate of drug-likeness (QED) is 0.173. The van der Waals surface area contributed by atoms with Crippen molar-refractivity contribution in [3.05, 3.63) is 90.1 Å². The Labute approximate surface area is 333 Å². The molecule has 4 atom stereocenters. The van der Waals surface area contributed by atoms with Gasteiger partial charge in [0.1, 0.15) is 35.8 Å². The molecular weight excluding hydrogens is 763 g/mol. The van der Waals surface area contributed by atoms with E-state index in [2.05, 4.69) is 46.4 Å². The van der Waals surface area contributed by atoms with Gasteiger partial charge in [-0.25, -0.2) is 13.8 Å². The highest BCUT2D eigenvalue weighted by molar-refractivity contribution is 7.89. The highest BCUT2D eigenvalue weighted by Gasteiger charge is 2.35. The van der Waals surface area contributed by atoms with Gasteiger partial charge in [-0.05, 0) is 74.9 Å². The summed E-state index contributed by atoms with van der Waals surface area (Å²) in [6.07, 6.45) is 13.4. The third-order valence-electron chi connectivity index (χ3n) is 11.8. The van der Waals surface area contributed by atoms with E-state index in [1.54, 1.807) is 54.7 Å². The van der Waals surface area contributed by atoms with E-state index in [1.807, 2.05) is 7.05 Å². The average Bonchev–Trinajstić information content (AvgIpc) is 3.69. The second-order valence-corrected chi connectivity index (χ2v) is 17.6. The highest BCUT2D eigenvalue weighted by Crippen LogP contribution is 2.39. The number of anilines is 2. The van der Waals surface area contributed by atoms with Crippen LogP contribution in [0.15, 0.2) is 72.0 Å². The number of hydrogen-bond donors (Lipinski definition) is 2. The number of aromatic nitrogens is 6. The van der Waals surface area contributed by atoms with E-state index in [9.17, 15) is 12.8 Å². The topological polar surface area (TPSA) is 143 Å². The number of hydrogen-bond acceptors (Lipinski definition) is 12. The molecule has 0 radical (unpaired) electrons. The molecule has 3 aromatic carbocycles. The number of nitrogens with one attached hydrogen (secondary N) is 2. The molecule has 6 heterocycles. The molecule has 2 bridgehead atoms. The van der Waals surface area contributed by atoms with E-state index >= 15 is 4.39 Å². The Hall–Kier alpha value is -5.76. The molecule has 2 unspecified atom stereocenters. The van der Waals surface area contributed by atoms with Crippen molar-refractivity contribution in [1.29, 1.82) is 0 Å². The van der Waals surface area contributed by atoms with Gasteiger partial charge in [-0.2, -0.15) is 18.4 Å². The number of terminal acetylenes is 1. The number of piperazine rings is 1. The zero-order valence-corrected chi connectivity index (χ0v) is 32.5. The molecule has 10 rings (SSSR count). The molecule has 3 aromatic heterocycles. The van der Waals surface area contributed by atoms with E-state index in [0.29, 0.717) is 65.1 Å². The molecule has 3 saturated heterocycles. The fourth-order valence-electron chi connectivity index (χ4n) is 8.70. The summed E-state index contributed by atoms with van der Waals surface area (Å²) in [5, 5.41) is 12.9. The van der Waals surface area contributed by atoms with Crippen molar-refractivity contribution in [3.8, 4) is 29.6 Å². The molecule has 13 nitrogen and oxygen atoms in total. The molecule has 296 valence electrons. The zero-order valence-electron chi connectivity index (χ0n) is 31.6. The lowest BCUT2D eigenvalue weighted by molar-refractivity contribution is 0.188. The monoisotopic (exact) mass is 802 g/mol. The minimum absolute atomic E-state index is 0.00682. The van der Waals surface area contributed by atoms with E-state index in [4.69, 9.17) is 16.1 Å². The molecule has 4 fully saturated rings. The third-order valence-corrected chi connectivity index (χ3v) is 13.4. The summed E-state index contributed by atoms with van der Waals surface area (Å²) in [5.74, 6) is 2.58. The number of likely N-dealkylation sites (tertiary alicyclic amines) is 1. The van der Waals surface area contributed by atoms with Gasteiger partial charge in [-0.15, -0.1) is 15.6 Å². The van der Waals surface area contributed by atoms with Crippen LogP contribution in [0.4, 0.5) is 20.3 Å². The molecule has 0 spiro atoms. The summed E-state index contributed by atoms with van der Waals surface area (Å²) in [5.41, 5.74) is 1.26. The maximum Gasteiger partial charge on any atom is 0.319 e.